The molecule has 1 amide bonds. The number of aryl methyl sites for hydroxylation is 4. The first kappa shape index (κ1) is 19.6. The number of hydrogen-bond acceptors (Lipinski definition) is 5. The van der Waals surface area contributed by atoms with Crippen molar-refractivity contribution in [1.29, 1.82) is 0 Å². The minimum atomic E-state index is -0.814. The van der Waals surface area contributed by atoms with E-state index in [1.54, 1.807) is 24.3 Å². The average Bonchev–Trinajstić information content (AvgIpc) is 3.20. The van der Waals surface area contributed by atoms with E-state index in [9.17, 15) is 14.0 Å². The maximum absolute atomic E-state index is 14.1. The molecule has 0 saturated heterocycles. The Morgan fingerprint density at radius 3 is 2.48 bits per heavy atom. The van der Waals surface area contributed by atoms with Gasteiger partial charge in [0.05, 0.1) is 22.7 Å². The molecule has 0 N–H and O–H groups in total. The van der Waals surface area contributed by atoms with E-state index in [0.717, 1.165) is 21.7 Å². The van der Waals surface area contributed by atoms with Crippen LogP contribution in [0, 0.1) is 33.5 Å². The minimum Gasteiger partial charge on any atom is -0.450 e. The maximum atomic E-state index is 14.1. The third-order valence-corrected chi connectivity index (χ3v) is 6.95. The quantitative estimate of drug-likeness (QED) is 0.425. The molecule has 0 saturated carbocycles. The van der Waals surface area contributed by atoms with Gasteiger partial charge in [0.15, 0.2) is 10.6 Å². The molecule has 156 valence electrons. The molecule has 1 aliphatic heterocycles. The predicted octanol–water partition coefficient (Wildman–Crippen LogP) is 5.37. The zero-order valence-electron chi connectivity index (χ0n) is 17.4. The third-order valence-electron chi connectivity index (χ3n) is 5.87. The molecular formula is C24H19FN2O3S. The second-order valence-electron chi connectivity index (χ2n) is 7.88. The zero-order chi connectivity index (χ0) is 22.0. The first-order valence-corrected chi connectivity index (χ1v) is 10.7. The van der Waals surface area contributed by atoms with Gasteiger partial charge in [-0.05, 0) is 68.7 Å². The lowest BCUT2D eigenvalue weighted by atomic mass is 9.97. The molecule has 0 aliphatic carbocycles. The number of amides is 1. The van der Waals surface area contributed by atoms with Crippen LogP contribution in [-0.4, -0.2) is 10.9 Å². The van der Waals surface area contributed by atoms with Crippen LogP contribution in [0.3, 0.4) is 0 Å². The number of hydrogen-bond donors (Lipinski definition) is 0. The van der Waals surface area contributed by atoms with E-state index in [-0.39, 0.29) is 16.8 Å². The van der Waals surface area contributed by atoms with Crippen molar-refractivity contribution in [3.63, 3.8) is 0 Å². The van der Waals surface area contributed by atoms with Gasteiger partial charge in [0.25, 0.3) is 5.91 Å². The van der Waals surface area contributed by atoms with Crippen molar-refractivity contribution in [2.75, 3.05) is 4.90 Å². The predicted molar refractivity (Wildman–Crippen MR) is 119 cm³/mol. The summed E-state index contributed by atoms with van der Waals surface area (Å²) in [5.41, 5.74) is 3.52. The van der Waals surface area contributed by atoms with Gasteiger partial charge < -0.3 is 4.42 Å². The minimum absolute atomic E-state index is 0.0134. The highest BCUT2D eigenvalue weighted by molar-refractivity contribution is 7.15. The third kappa shape index (κ3) is 2.91. The van der Waals surface area contributed by atoms with Crippen molar-refractivity contribution >= 4 is 33.3 Å². The summed E-state index contributed by atoms with van der Waals surface area (Å²) >= 11 is 1.36. The Hall–Kier alpha value is -3.32. The summed E-state index contributed by atoms with van der Waals surface area (Å²) in [6, 6.07) is 8.70. The van der Waals surface area contributed by atoms with Crippen LogP contribution in [0.4, 0.5) is 9.52 Å². The molecule has 3 heterocycles. The molecule has 5 nitrogen and oxygen atoms in total. The Morgan fingerprint density at radius 1 is 1.06 bits per heavy atom. The van der Waals surface area contributed by atoms with Crippen LogP contribution in [0.2, 0.25) is 0 Å². The van der Waals surface area contributed by atoms with E-state index in [4.69, 9.17) is 4.42 Å². The standard InChI is InChI=1S/C24H19FN2O3S/c1-11-8-17-18(9-12(11)2)30-22-19(21(17)28)20(15-6-5-7-16(25)10-15)27(23(22)29)24-26-13(3)14(4)31-24/h5-10,20H,1-4H3. The number of thiazole rings is 1. The summed E-state index contributed by atoms with van der Waals surface area (Å²) < 4.78 is 20.1. The molecule has 5 rings (SSSR count). The molecule has 1 atom stereocenters. The Kier molecular flexibility index (Phi) is 4.34. The molecule has 2 aromatic heterocycles. The van der Waals surface area contributed by atoms with Gasteiger partial charge in [-0.25, -0.2) is 9.37 Å². The summed E-state index contributed by atoms with van der Waals surface area (Å²) in [7, 11) is 0. The largest absolute Gasteiger partial charge is 0.450 e. The highest BCUT2D eigenvalue weighted by Crippen LogP contribution is 2.43. The summed E-state index contributed by atoms with van der Waals surface area (Å²) in [6.07, 6.45) is 0. The molecule has 1 unspecified atom stereocenters. The van der Waals surface area contributed by atoms with Crippen LogP contribution in [0.1, 0.15) is 49.4 Å². The lowest BCUT2D eigenvalue weighted by molar-refractivity contribution is 0.0971. The highest BCUT2D eigenvalue weighted by Gasteiger charge is 2.45. The van der Waals surface area contributed by atoms with Gasteiger partial charge in [-0.15, -0.1) is 11.3 Å². The van der Waals surface area contributed by atoms with Crippen LogP contribution in [0.5, 0.6) is 0 Å². The molecular weight excluding hydrogens is 415 g/mol. The van der Waals surface area contributed by atoms with Crippen molar-refractivity contribution in [2.45, 2.75) is 33.7 Å². The highest BCUT2D eigenvalue weighted by atomic mass is 32.1. The van der Waals surface area contributed by atoms with Gasteiger partial charge in [0.2, 0.25) is 5.76 Å². The molecule has 1 aliphatic rings. The SMILES string of the molecule is Cc1cc2oc3c(c(=O)c2cc1C)C(c1cccc(F)c1)N(c1nc(C)c(C)s1)C3=O. The van der Waals surface area contributed by atoms with Crippen molar-refractivity contribution in [3.8, 4) is 0 Å². The van der Waals surface area contributed by atoms with E-state index in [1.165, 1.54) is 28.4 Å². The first-order valence-electron chi connectivity index (χ1n) is 9.87. The van der Waals surface area contributed by atoms with Gasteiger partial charge in [-0.1, -0.05) is 12.1 Å². The fourth-order valence-electron chi connectivity index (χ4n) is 3.98. The van der Waals surface area contributed by atoms with E-state index in [1.807, 2.05) is 27.7 Å². The Morgan fingerprint density at radius 2 is 1.81 bits per heavy atom. The second-order valence-corrected chi connectivity index (χ2v) is 9.06. The Labute approximate surface area is 181 Å². The zero-order valence-corrected chi connectivity index (χ0v) is 18.3. The molecule has 31 heavy (non-hydrogen) atoms. The molecule has 2 aromatic carbocycles. The van der Waals surface area contributed by atoms with Gasteiger partial charge in [-0.3, -0.25) is 14.5 Å². The summed E-state index contributed by atoms with van der Waals surface area (Å²) in [5.74, 6) is -0.905. The molecule has 0 spiro atoms. The van der Waals surface area contributed by atoms with Crippen LogP contribution < -0.4 is 10.3 Å². The molecule has 4 aromatic rings. The number of halogens is 1. The monoisotopic (exact) mass is 434 g/mol. The number of fused-ring (bicyclic) bond motifs is 2. The first-order chi connectivity index (χ1) is 14.8. The van der Waals surface area contributed by atoms with E-state index < -0.39 is 17.8 Å². The second kappa shape index (κ2) is 6.85. The van der Waals surface area contributed by atoms with Crippen LogP contribution in [0.25, 0.3) is 11.0 Å². The number of carbonyl (C=O) groups is 1. The molecule has 0 fully saturated rings. The molecule has 0 radical (unpaired) electrons. The Bertz CT molecular complexity index is 1430. The number of rotatable bonds is 2. The molecule has 7 heteroatoms. The van der Waals surface area contributed by atoms with Crippen molar-refractivity contribution in [1.82, 2.24) is 4.98 Å². The van der Waals surface area contributed by atoms with Gasteiger partial charge in [-0.2, -0.15) is 0 Å². The van der Waals surface area contributed by atoms with Crippen molar-refractivity contribution < 1.29 is 13.6 Å². The summed E-state index contributed by atoms with van der Waals surface area (Å²) in [6.45, 7) is 7.63. The van der Waals surface area contributed by atoms with Gasteiger partial charge >= 0.3 is 0 Å². The van der Waals surface area contributed by atoms with Crippen LogP contribution >= 0.6 is 11.3 Å². The number of nitrogens with zero attached hydrogens (tertiary/aromatic N) is 2. The van der Waals surface area contributed by atoms with Crippen molar-refractivity contribution in [3.05, 3.63) is 91.0 Å². The lowest BCUT2D eigenvalue weighted by Crippen LogP contribution is -2.29. The smallest absolute Gasteiger partial charge is 0.297 e. The van der Waals surface area contributed by atoms with Gasteiger partial charge in [0.1, 0.15) is 11.4 Å². The number of anilines is 1. The van der Waals surface area contributed by atoms with E-state index >= 15 is 0 Å². The molecule has 0 bridgehead atoms. The lowest BCUT2D eigenvalue weighted by Gasteiger charge is -2.22. The van der Waals surface area contributed by atoms with Gasteiger partial charge in [0, 0.05) is 4.88 Å². The van der Waals surface area contributed by atoms with Crippen molar-refractivity contribution in [2.24, 2.45) is 0 Å². The summed E-state index contributed by atoms with van der Waals surface area (Å²) in [5, 5.41) is 0.862. The maximum Gasteiger partial charge on any atom is 0.297 e. The topological polar surface area (TPSA) is 63.4 Å². The Balaban J connectivity index is 1.84. The van der Waals surface area contributed by atoms with E-state index in [0.29, 0.717) is 21.7 Å². The normalized spacial score (nSPS) is 15.7. The fraction of sp³-hybridized carbons (Fsp3) is 0.208. The number of benzene rings is 2. The summed E-state index contributed by atoms with van der Waals surface area (Å²) in [4.78, 5) is 34.1. The van der Waals surface area contributed by atoms with Crippen LogP contribution in [-0.2, 0) is 0 Å². The van der Waals surface area contributed by atoms with E-state index in [2.05, 4.69) is 4.98 Å². The fourth-order valence-corrected chi connectivity index (χ4v) is 4.91. The number of carbonyl (C=O) groups excluding carboxylic acids is 1. The average molecular weight is 434 g/mol. The number of aromatic nitrogens is 1. The van der Waals surface area contributed by atoms with Crippen LogP contribution in [0.15, 0.2) is 45.6 Å².